The van der Waals surface area contributed by atoms with Gasteiger partial charge < -0.3 is 9.53 Å². The quantitative estimate of drug-likeness (QED) is 0.536. The van der Waals surface area contributed by atoms with Gasteiger partial charge in [0.1, 0.15) is 0 Å². The Hall–Kier alpha value is -0.643. The summed E-state index contributed by atoms with van der Waals surface area (Å²) in [6.07, 6.45) is 6.15. The van der Waals surface area contributed by atoms with Gasteiger partial charge in [-0.15, -0.1) is 6.58 Å². The van der Waals surface area contributed by atoms with Crippen LogP contribution in [0.5, 0.6) is 0 Å². The summed E-state index contributed by atoms with van der Waals surface area (Å²) < 4.78 is 6.60. The highest BCUT2D eigenvalue weighted by Crippen LogP contribution is 2.41. The van der Waals surface area contributed by atoms with Gasteiger partial charge in [0.15, 0.2) is 8.32 Å². The summed E-state index contributed by atoms with van der Waals surface area (Å²) in [4.78, 5) is 0. The molecule has 0 radical (unpaired) electrons. The first kappa shape index (κ1) is 19.4. The Morgan fingerprint density at radius 2 is 2.09 bits per heavy atom. The lowest BCUT2D eigenvalue weighted by atomic mass is 9.81. The third-order valence-corrected chi connectivity index (χ3v) is 9.80. The number of hydrogen-bond acceptors (Lipinski definition) is 2. The molecule has 0 aliphatic heterocycles. The van der Waals surface area contributed by atoms with Gasteiger partial charge in [-0.3, -0.25) is 0 Å². The minimum absolute atomic E-state index is 0.160. The molecule has 0 unspecified atom stereocenters. The topological polar surface area (TPSA) is 29.5 Å². The van der Waals surface area contributed by atoms with Gasteiger partial charge in [-0.2, -0.15) is 0 Å². The Kier molecular flexibility index (Phi) is 6.43. The van der Waals surface area contributed by atoms with Crippen LogP contribution in [0.15, 0.2) is 36.5 Å². The highest BCUT2D eigenvalue weighted by Gasteiger charge is 2.40. The number of aliphatic hydroxyl groups is 1. The Labute approximate surface area is 138 Å². The molecule has 22 heavy (non-hydrogen) atoms. The lowest BCUT2D eigenvalue weighted by molar-refractivity contribution is 0.158. The average molecular weight is 323 g/mol. The summed E-state index contributed by atoms with van der Waals surface area (Å²) in [5.74, 6) is 0.299. The summed E-state index contributed by atoms with van der Waals surface area (Å²) in [6.45, 7) is 21.4. The molecule has 0 bridgehead atoms. The van der Waals surface area contributed by atoms with Crippen LogP contribution in [0, 0.1) is 5.92 Å². The maximum atomic E-state index is 10.2. The third-order valence-electron chi connectivity index (χ3n) is 5.32. The van der Waals surface area contributed by atoms with Crippen molar-refractivity contribution in [3.63, 3.8) is 0 Å². The van der Waals surface area contributed by atoms with E-state index in [9.17, 15) is 5.11 Å². The van der Waals surface area contributed by atoms with Gasteiger partial charge in [-0.1, -0.05) is 39.5 Å². The molecular weight excluding hydrogens is 288 g/mol. The standard InChI is InChI=1S/C19H34O2Si/c1-9-10-17(20)15(3)16-12-11-14(2)18(13-16)21-22(7,8)19(4,5)6/h9,11,16-18,20H,1,3,10,12-13H2,2,4-8H3/t16-,17+,18-/m0/s1. The lowest BCUT2D eigenvalue weighted by Gasteiger charge is -2.42. The van der Waals surface area contributed by atoms with E-state index in [0.717, 1.165) is 18.4 Å². The second-order valence-electron chi connectivity index (χ2n) is 8.10. The first-order chi connectivity index (χ1) is 9.99. The van der Waals surface area contributed by atoms with E-state index in [1.54, 1.807) is 6.08 Å². The van der Waals surface area contributed by atoms with Gasteiger partial charge in [-0.05, 0) is 61.4 Å². The van der Waals surface area contributed by atoms with E-state index in [2.05, 4.69) is 60.0 Å². The van der Waals surface area contributed by atoms with Gasteiger partial charge in [0.05, 0.1) is 12.2 Å². The van der Waals surface area contributed by atoms with Crippen LogP contribution in [0.4, 0.5) is 0 Å². The van der Waals surface area contributed by atoms with E-state index in [-0.39, 0.29) is 11.1 Å². The number of rotatable bonds is 6. The van der Waals surface area contributed by atoms with Crippen molar-refractivity contribution in [2.45, 2.75) is 77.3 Å². The molecule has 0 amide bonds. The van der Waals surface area contributed by atoms with Crippen molar-refractivity contribution in [3.05, 3.63) is 36.5 Å². The van der Waals surface area contributed by atoms with Crippen LogP contribution in [0.2, 0.25) is 18.1 Å². The maximum absolute atomic E-state index is 10.2. The molecule has 1 aliphatic carbocycles. The molecule has 0 spiro atoms. The van der Waals surface area contributed by atoms with Crippen LogP contribution in [0.1, 0.15) is 47.0 Å². The van der Waals surface area contributed by atoms with Crippen molar-refractivity contribution >= 4 is 8.32 Å². The van der Waals surface area contributed by atoms with Crippen molar-refractivity contribution in [3.8, 4) is 0 Å². The molecule has 0 saturated heterocycles. The molecular formula is C19H34O2Si. The molecule has 0 heterocycles. The Balaban J connectivity index is 2.82. The van der Waals surface area contributed by atoms with Crippen molar-refractivity contribution in [2.75, 3.05) is 0 Å². The van der Waals surface area contributed by atoms with Crippen molar-refractivity contribution in [1.29, 1.82) is 0 Å². The zero-order valence-corrected chi connectivity index (χ0v) is 16.3. The van der Waals surface area contributed by atoms with Gasteiger partial charge in [-0.25, -0.2) is 0 Å². The molecule has 3 atom stereocenters. The zero-order chi connectivity index (χ0) is 17.1. The van der Waals surface area contributed by atoms with Crippen LogP contribution in [0.3, 0.4) is 0 Å². The molecule has 1 aliphatic rings. The Bertz CT molecular complexity index is 443. The van der Waals surface area contributed by atoms with Crippen molar-refractivity contribution in [2.24, 2.45) is 5.92 Å². The van der Waals surface area contributed by atoms with E-state index in [4.69, 9.17) is 4.43 Å². The van der Waals surface area contributed by atoms with Gasteiger partial charge in [0.2, 0.25) is 0 Å². The van der Waals surface area contributed by atoms with E-state index in [1.807, 2.05) is 0 Å². The van der Waals surface area contributed by atoms with Crippen LogP contribution in [-0.4, -0.2) is 25.6 Å². The second kappa shape index (κ2) is 7.29. The molecule has 0 aromatic carbocycles. The predicted octanol–water partition coefficient (Wildman–Crippen LogP) is 5.23. The molecule has 0 saturated carbocycles. The third kappa shape index (κ3) is 4.67. The SMILES string of the molecule is C=CC[C@@H](O)C(=C)[C@H]1CC=C(C)[C@@H](O[Si](C)(C)C(C)(C)C)C1. The minimum Gasteiger partial charge on any atom is -0.410 e. The Morgan fingerprint density at radius 3 is 2.59 bits per heavy atom. The summed E-state index contributed by atoms with van der Waals surface area (Å²) in [7, 11) is -1.79. The van der Waals surface area contributed by atoms with Crippen molar-refractivity contribution in [1.82, 2.24) is 0 Å². The molecule has 0 fully saturated rings. The molecule has 1 N–H and O–H groups in total. The van der Waals surface area contributed by atoms with Crippen LogP contribution in [-0.2, 0) is 4.43 Å². The van der Waals surface area contributed by atoms with Gasteiger partial charge in [0, 0.05) is 0 Å². The lowest BCUT2D eigenvalue weighted by Crippen LogP contribution is -2.45. The predicted molar refractivity (Wildman–Crippen MR) is 98.5 cm³/mol. The summed E-state index contributed by atoms with van der Waals surface area (Å²) in [5.41, 5.74) is 2.25. The highest BCUT2D eigenvalue weighted by atomic mass is 28.4. The zero-order valence-electron chi connectivity index (χ0n) is 15.3. The second-order valence-corrected chi connectivity index (χ2v) is 12.9. The number of hydrogen-bond donors (Lipinski definition) is 1. The van der Waals surface area contributed by atoms with E-state index in [1.165, 1.54) is 5.57 Å². The van der Waals surface area contributed by atoms with E-state index in [0.29, 0.717) is 12.3 Å². The molecule has 126 valence electrons. The molecule has 0 aromatic heterocycles. The normalized spacial score (nSPS) is 24.6. The molecule has 0 aromatic rings. The monoisotopic (exact) mass is 322 g/mol. The minimum atomic E-state index is -1.79. The molecule has 2 nitrogen and oxygen atoms in total. The number of aliphatic hydroxyl groups excluding tert-OH is 1. The van der Waals surface area contributed by atoms with Gasteiger partial charge in [0.25, 0.3) is 0 Å². The summed E-state index contributed by atoms with van der Waals surface area (Å²) in [5, 5.41) is 10.4. The fourth-order valence-electron chi connectivity index (χ4n) is 2.56. The largest absolute Gasteiger partial charge is 0.410 e. The fourth-order valence-corrected chi connectivity index (χ4v) is 3.90. The smallest absolute Gasteiger partial charge is 0.192 e. The summed E-state index contributed by atoms with van der Waals surface area (Å²) >= 11 is 0. The molecule has 1 rings (SSSR count). The fraction of sp³-hybridized carbons (Fsp3) is 0.684. The molecule has 3 heteroatoms. The van der Waals surface area contributed by atoms with Crippen LogP contribution in [0.25, 0.3) is 0 Å². The highest BCUT2D eigenvalue weighted by molar-refractivity contribution is 6.74. The number of allylic oxidation sites excluding steroid dienone is 1. The van der Waals surface area contributed by atoms with E-state index >= 15 is 0 Å². The van der Waals surface area contributed by atoms with Gasteiger partial charge >= 0.3 is 0 Å². The van der Waals surface area contributed by atoms with E-state index < -0.39 is 14.4 Å². The van der Waals surface area contributed by atoms with Crippen LogP contribution < -0.4 is 0 Å². The maximum Gasteiger partial charge on any atom is 0.192 e. The Morgan fingerprint density at radius 1 is 1.50 bits per heavy atom. The first-order valence-corrected chi connectivity index (χ1v) is 11.2. The first-order valence-electron chi connectivity index (χ1n) is 8.31. The summed E-state index contributed by atoms with van der Waals surface area (Å²) in [6, 6.07) is 0. The average Bonchev–Trinajstić information content (AvgIpc) is 2.39. The van der Waals surface area contributed by atoms with Crippen LogP contribution >= 0.6 is 0 Å². The van der Waals surface area contributed by atoms with Crippen molar-refractivity contribution < 1.29 is 9.53 Å².